The molecule has 0 saturated heterocycles. The molecule has 1 N–H and O–H groups in total. The van der Waals surface area contributed by atoms with Crippen LogP contribution in [0.25, 0.3) is 6.08 Å². The lowest BCUT2D eigenvalue weighted by atomic mass is 10.0. The SMILES string of the molecule is CCOC(=O)c1c(NC(=O)/C=C/c2ccccc2)sc2c1CCN(C)C2. The summed E-state index contributed by atoms with van der Waals surface area (Å²) in [5.41, 5.74) is 2.47. The van der Waals surface area contributed by atoms with Crippen molar-refractivity contribution in [3.8, 4) is 0 Å². The van der Waals surface area contributed by atoms with Gasteiger partial charge in [-0.25, -0.2) is 4.79 Å². The molecule has 5 nitrogen and oxygen atoms in total. The first-order valence-electron chi connectivity index (χ1n) is 8.62. The van der Waals surface area contributed by atoms with Gasteiger partial charge in [0.05, 0.1) is 12.2 Å². The van der Waals surface area contributed by atoms with Crippen molar-refractivity contribution in [3.63, 3.8) is 0 Å². The fourth-order valence-corrected chi connectivity index (χ4v) is 4.25. The summed E-state index contributed by atoms with van der Waals surface area (Å²) in [7, 11) is 2.05. The van der Waals surface area contributed by atoms with E-state index in [9.17, 15) is 9.59 Å². The monoisotopic (exact) mass is 370 g/mol. The number of thiophene rings is 1. The van der Waals surface area contributed by atoms with E-state index in [1.165, 1.54) is 17.4 Å². The van der Waals surface area contributed by atoms with E-state index in [0.29, 0.717) is 17.2 Å². The minimum Gasteiger partial charge on any atom is -0.462 e. The van der Waals surface area contributed by atoms with Crippen molar-refractivity contribution in [1.29, 1.82) is 0 Å². The number of rotatable bonds is 5. The summed E-state index contributed by atoms with van der Waals surface area (Å²) in [6, 6.07) is 9.61. The van der Waals surface area contributed by atoms with E-state index in [1.807, 2.05) is 37.4 Å². The smallest absolute Gasteiger partial charge is 0.341 e. The second-order valence-electron chi connectivity index (χ2n) is 6.15. The van der Waals surface area contributed by atoms with E-state index in [1.54, 1.807) is 13.0 Å². The van der Waals surface area contributed by atoms with E-state index in [-0.39, 0.29) is 11.9 Å². The highest BCUT2D eigenvalue weighted by Gasteiger charge is 2.28. The average Bonchev–Trinajstić information content (AvgIpc) is 2.98. The normalized spacial score (nSPS) is 14.2. The van der Waals surface area contributed by atoms with Crippen LogP contribution in [0.4, 0.5) is 5.00 Å². The Morgan fingerprint density at radius 3 is 2.81 bits per heavy atom. The molecule has 3 rings (SSSR count). The predicted octanol–water partition coefficient (Wildman–Crippen LogP) is 3.56. The first kappa shape index (κ1) is 18.4. The Hall–Kier alpha value is -2.44. The number of carbonyl (C=O) groups is 2. The van der Waals surface area contributed by atoms with Crippen molar-refractivity contribution >= 4 is 34.3 Å². The largest absolute Gasteiger partial charge is 0.462 e. The van der Waals surface area contributed by atoms with Crippen molar-refractivity contribution in [2.45, 2.75) is 19.9 Å². The maximum Gasteiger partial charge on any atom is 0.341 e. The number of anilines is 1. The molecule has 1 amide bonds. The second kappa shape index (κ2) is 8.29. The van der Waals surface area contributed by atoms with Crippen LogP contribution in [0.2, 0.25) is 0 Å². The fourth-order valence-electron chi connectivity index (χ4n) is 2.93. The van der Waals surface area contributed by atoms with Crippen LogP contribution >= 0.6 is 11.3 Å². The number of esters is 1. The number of nitrogens with one attached hydrogen (secondary N) is 1. The molecule has 26 heavy (non-hydrogen) atoms. The summed E-state index contributed by atoms with van der Waals surface area (Å²) in [5.74, 6) is -0.622. The van der Waals surface area contributed by atoms with Crippen LogP contribution in [0.1, 0.15) is 33.3 Å². The number of amides is 1. The molecule has 0 atom stereocenters. The van der Waals surface area contributed by atoms with E-state index in [0.717, 1.165) is 35.5 Å². The second-order valence-corrected chi connectivity index (χ2v) is 7.25. The number of likely N-dealkylation sites (N-methyl/N-ethyl adjacent to an activating group) is 1. The van der Waals surface area contributed by atoms with Gasteiger partial charge in [0.1, 0.15) is 5.00 Å². The summed E-state index contributed by atoms with van der Waals surface area (Å²) < 4.78 is 5.22. The fraction of sp³-hybridized carbons (Fsp3) is 0.300. The number of hydrogen-bond acceptors (Lipinski definition) is 5. The lowest BCUT2D eigenvalue weighted by Gasteiger charge is -2.22. The summed E-state index contributed by atoms with van der Waals surface area (Å²) in [6.45, 7) is 3.76. The van der Waals surface area contributed by atoms with Crippen LogP contribution < -0.4 is 5.32 Å². The maximum absolute atomic E-state index is 12.4. The summed E-state index contributed by atoms with van der Waals surface area (Å²) >= 11 is 1.46. The van der Waals surface area contributed by atoms with Gasteiger partial charge >= 0.3 is 5.97 Å². The third-order valence-corrected chi connectivity index (χ3v) is 5.32. The van der Waals surface area contributed by atoms with Gasteiger partial charge < -0.3 is 15.0 Å². The molecule has 0 radical (unpaired) electrons. The first-order valence-corrected chi connectivity index (χ1v) is 9.44. The lowest BCUT2D eigenvalue weighted by molar-refractivity contribution is -0.111. The topological polar surface area (TPSA) is 58.6 Å². The quantitative estimate of drug-likeness (QED) is 0.646. The molecule has 0 bridgehead atoms. The molecule has 1 aliphatic rings. The van der Waals surface area contributed by atoms with Gasteiger partial charge in [-0.1, -0.05) is 30.3 Å². The van der Waals surface area contributed by atoms with Crippen molar-refractivity contribution in [2.75, 3.05) is 25.5 Å². The zero-order valence-electron chi connectivity index (χ0n) is 15.0. The molecule has 1 aromatic carbocycles. The standard InChI is InChI=1S/C20H22N2O3S/c1-3-25-20(24)18-15-11-12-22(2)13-16(15)26-19(18)21-17(23)10-9-14-7-5-4-6-8-14/h4-10H,3,11-13H2,1-2H3,(H,21,23)/b10-9+. The number of fused-ring (bicyclic) bond motifs is 1. The number of hydrogen-bond donors (Lipinski definition) is 1. The van der Waals surface area contributed by atoms with Gasteiger partial charge in [-0.05, 0) is 37.6 Å². The van der Waals surface area contributed by atoms with Crippen LogP contribution in [0, 0.1) is 0 Å². The average molecular weight is 370 g/mol. The van der Waals surface area contributed by atoms with Crippen LogP contribution in [-0.2, 0) is 22.5 Å². The van der Waals surface area contributed by atoms with Crippen LogP contribution in [0.3, 0.4) is 0 Å². The Morgan fingerprint density at radius 2 is 2.08 bits per heavy atom. The third-order valence-electron chi connectivity index (χ3n) is 4.19. The number of carbonyl (C=O) groups excluding carboxylic acids is 2. The molecule has 0 saturated carbocycles. The zero-order chi connectivity index (χ0) is 18.5. The van der Waals surface area contributed by atoms with Crippen molar-refractivity contribution in [2.24, 2.45) is 0 Å². The van der Waals surface area contributed by atoms with Crippen molar-refractivity contribution in [3.05, 3.63) is 58.0 Å². The zero-order valence-corrected chi connectivity index (χ0v) is 15.8. The lowest BCUT2D eigenvalue weighted by Crippen LogP contribution is -2.26. The number of benzene rings is 1. The first-order chi connectivity index (χ1) is 12.6. The Labute approximate surface area is 157 Å². The summed E-state index contributed by atoms with van der Waals surface area (Å²) in [5, 5.41) is 3.44. The number of ether oxygens (including phenoxy) is 1. The highest BCUT2D eigenvalue weighted by molar-refractivity contribution is 7.17. The molecule has 0 unspecified atom stereocenters. The molecule has 0 aliphatic carbocycles. The molecule has 1 aliphatic heterocycles. The van der Waals surface area contributed by atoms with Gasteiger partial charge in [0.2, 0.25) is 5.91 Å². The van der Waals surface area contributed by atoms with Gasteiger partial charge in [-0.2, -0.15) is 0 Å². The maximum atomic E-state index is 12.4. The third kappa shape index (κ3) is 4.20. The molecule has 2 heterocycles. The Kier molecular flexibility index (Phi) is 5.85. The molecule has 2 aromatic rings. The van der Waals surface area contributed by atoms with Gasteiger partial charge in [-0.3, -0.25) is 4.79 Å². The molecule has 0 fully saturated rings. The van der Waals surface area contributed by atoms with Crippen molar-refractivity contribution < 1.29 is 14.3 Å². The Morgan fingerprint density at radius 1 is 1.31 bits per heavy atom. The van der Waals surface area contributed by atoms with Gasteiger partial charge in [0.25, 0.3) is 0 Å². The summed E-state index contributed by atoms with van der Waals surface area (Å²) in [6.07, 6.45) is 4.02. The van der Waals surface area contributed by atoms with E-state index >= 15 is 0 Å². The van der Waals surface area contributed by atoms with Gasteiger partial charge in [-0.15, -0.1) is 11.3 Å². The predicted molar refractivity (Wildman–Crippen MR) is 104 cm³/mol. The van der Waals surface area contributed by atoms with Crippen LogP contribution in [0.15, 0.2) is 36.4 Å². The summed E-state index contributed by atoms with van der Waals surface area (Å²) in [4.78, 5) is 28.1. The Bertz CT molecular complexity index is 827. The minimum atomic E-state index is -0.364. The molecule has 0 spiro atoms. The van der Waals surface area contributed by atoms with Gasteiger partial charge in [0.15, 0.2) is 0 Å². The van der Waals surface area contributed by atoms with Crippen molar-refractivity contribution in [1.82, 2.24) is 4.90 Å². The van der Waals surface area contributed by atoms with Crippen LogP contribution in [0.5, 0.6) is 0 Å². The van der Waals surface area contributed by atoms with E-state index < -0.39 is 0 Å². The molecular weight excluding hydrogens is 348 g/mol. The molecule has 1 aromatic heterocycles. The van der Waals surface area contributed by atoms with Gasteiger partial charge in [0, 0.05) is 24.0 Å². The minimum absolute atomic E-state index is 0.258. The molecular formula is C20H22N2O3S. The Balaban J connectivity index is 1.83. The van der Waals surface area contributed by atoms with Crippen LogP contribution in [-0.4, -0.2) is 37.0 Å². The highest BCUT2D eigenvalue weighted by Crippen LogP contribution is 2.37. The van der Waals surface area contributed by atoms with E-state index in [4.69, 9.17) is 4.74 Å². The number of nitrogens with zero attached hydrogens (tertiary/aromatic N) is 1. The highest BCUT2D eigenvalue weighted by atomic mass is 32.1. The van der Waals surface area contributed by atoms with E-state index in [2.05, 4.69) is 10.2 Å². The molecule has 136 valence electrons. The molecule has 6 heteroatoms.